The highest BCUT2D eigenvalue weighted by Crippen LogP contribution is 2.24. The van der Waals surface area contributed by atoms with Crippen molar-refractivity contribution < 1.29 is 4.79 Å². The number of rotatable bonds is 5. The van der Waals surface area contributed by atoms with Crippen LogP contribution >= 0.6 is 0 Å². The molecule has 22 heavy (non-hydrogen) atoms. The van der Waals surface area contributed by atoms with E-state index in [4.69, 9.17) is 5.73 Å². The second-order valence-corrected chi connectivity index (χ2v) is 6.06. The summed E-state index contributed by atoms with van der Waals surface area (Å²) in [6, 6.07) is 15.7. The van der Waals surface area contributed by atoms with Gasteiger partial charge in [0, 0.05) is 5.69 Å². The molecule has 116 valence electrons. The molecule has 1 atom stereocenters. The number of carbonyl (C=O) groups is 1. The first-order valence-electron chi connectivity index (χ1n) is 7.66. The van der Waals surface area contributed by atoms with E-state index in [2.05, 4.69) is 38.2 Å². The smallest absolute Gasteiger partial charge is 0.224 e. The van der Waals surface area contributed by atoms with Gasteiger partial charge in [-0.05, 0) is 41.7 Å². The van der Waals surface area contributed by atoms with Crippen LogP contribution in [-0.4, -0.2) is 5.91 Å². The summed E-state index contributed by atoms with van der Waals surface area (Å²) in [5.41, 5.74) is 9.74. The van der Waals surface area contributed by atoms with Gasteiger partial charge in [-0.25, -0.2) is 0 Å². The zero-order valence-corrected chi connectivity index (χ0v) is 13.5. The molecule has 0 aliphatic rings. The maximum absolute atomic E-state index is 12.4. The van der Waals surface area contributed by atoms with Gasteiger partial charge in [0.15, 0.2) is 0 Å². The van der Waals surface area contributed by atoms with E-state index >= 15 is 0 Å². The summed E-state index contributed by atoms with van der Waals surface area (Å²) in [5.74, 6) is 0.364. The molecule has 3 nitrogen and oxygen atoms in total. The minimum atomic E-state index is 0.0301. The van der Waals surface area contributed by atoms with E-state index in [1.807, 2.05) is 36.4 Å². The van der Waals surface area contributed by atoms with Crippen LogP contribution < -0.4 is 11.1 Å². The average Bonchev–Trinajstić information content (AvgIpc) is 2.48. The van der Waals surface area contributed by atoms with Gasteiger partial charge in [-0.2, -0.15) is 0 Å². The van der Waals surface area contributed by atoms with Crippen LogP contribution in [0, 0.1) is 12.8 Å². The number of aryl methyl sites for hydroxylation is 1. The Labute approximate surface area is 132 Å². The molecule has 0 spiro atoms. The normalized spacial score (nSPS) is 12.2. The second-order valence-electron chi connectivity index (χ2n) is 6.06. The number of carbonyl (C=O) groups excluding carboxylic acids is 1. The minimum absolute atomic E-state index is 0.0301. The number of amides is 1. The summed E-state index contributed by atoms with van der Waals surface area (Å²) in [6.07, 6.45) is 0.370. The Morgan fingerprint density at radius 2 is 1.73 bits per heavy atom. The molecule has 0 aromatic heterocycles. The lowest BCUT2D eigenvalue weighted by molar-refractivity contribution is -0.121. The van der Waals surface area contributed by atoms with Crippen molar-refractivity contribution in [2.24, 2.45) is 5.92 Å². The third-order valence-corrected chi connectivity index (χ3v) is 3.85. The zero-order valence-electron chi connectivity index (χ0n) is 13.5. The highest BCUT2D eigenvalue weighted by molar-refractivity contribution is 5.79. The van der Waals surface area contributed by atoms with Crippen LogP contribution in [0.3, 0.4) is 0 Å². The average molecular weight is 296 g/mol. The Balaban J connectivity index is 2.10. The summed E-state index contributed by atoms with van der Waals surface area (Å²) in [7, 11) is 0. The molecule has 0 aliphatic heterocycles. The molecular formula is C19H24N2O. The van der Waals surface area contributed by atoms with Crippen molar-refractivity contribution in [1.82, 2.24) is 5.32 Å². The maximum Gasteiger partial charge on any atom is 0.224 e. The van der Waals surface area contributed by atoms with E-state index in [0.717, 1.165) is 5.56 Å². The molecule has 1 amide bonds. The number of nitrogens with one attached hydrogen (secondary N) is 1. The van der Waals surface area contributed by atoms with Crippen molar-refractivity contribution >= 4 is 11.6 Å². The molecule has 0 aliphatic carbocycles. The van der Waals surface area contributed by atoms with Crippen molar-refractivity contribution in [3.8, 4) is 0 Å². The fourth-order valence-corrected chi connectivity index (χ4v) is 2.58. The summed E-state index contributed by atoms with van der Waals surface area (Å²) >= 11 is 0. The van der Waals surface area contributed by atoms with E-state index in [9.17, 15) is 4.79 Å². The lowest BCUT2D eigenvalue weighted by atomic mass is 9.92. The Morgan fingerprint density at radius 1 is 1.09 bits per heavy atom. The molecule has 0 heterocycles. The van der Waals surface area contributed by atoms with Gasteiger partial charge in [-0.3, -0.25) is 4.79 Å². The SMILES string of the molecule is Cc1ccccc1C(NC(=O)Cc1ccc(N)cc1)C(C)C. The number of nitrogen functional groups attached to an aromatic ring is 1. The Morgan fingerprint density at radius 3 is 2.32 bits per heavy atom. The molecule has 2 aromatic carbocycles. The number of hydrogen-bond donors (Lipinski definition) is 2. The van der Waals surface area contributed by atoms with E-state index in [0.29, 0.717) is 18.0 Å². The monoisotopic (exact) mass is 296 g/mol. The Kier molecular flexibility index (Phi) is 5.21. The van der Waals surface area contributed by atoms with E-state index in [1.54, 1.807) is 0 Å². The van der Waals surface area contributed by atoms with Crippen LogP contribution in [0.25, 0.3) is 0 Å². The topological polar surface area (TPSA) is 55.1 Å². The van der Waals surface area contributed by atoms with Crippen molar-refractivity contribution in [2.75, 3.05) is 5.73 Å². The molecule has 2 rings (SSSR count). The molecule has 0 saturated carbocycles. The van der Waals surface area contributed by atoms with Gasteiger partial charge in [0.05, 0.1) is 12.5 Å². The number of benzene rings is 2. The van der Waals surface area contributed by atoms with Gasteiger partial charge >= 0.3 is 0 Å². The summed E-state index contributed by atoms with van der Waals surface area (Å²) in [6.45, 7) is 6.33. The lowest BCUT2D eigenvalue weighted by Crippen LogP contribution is -2.33. The first-order valence-corrected chi connectivity index (χ1v) is 7.66. The molecule has 1 unspecified atom stereocenters. The van der Waals surface area contributed by atoms with Gasteiger partial charge in [-0.15, -0.1) is 0 Å². The van der Waals surface area contributed by atoms with Gasteiger partial charge in [0.1, 0.15) is 0 Å². The van der Waals surface area contributed by atoms with Gasteiger partial charge in [0.2, 0.25) is 5.91 Å². The van der Waals surface area contributed by atoms with Gasteiger partial charge in [0.25, 0.3) is 0 Å². The fourth-order valence-electron chi connectivity index (χ4n) is 2.58. The lowest BCUT2D eigenvalue weighted by Gasteiger charge is -2.24. The van der Waals surface area contributed by atoms with E-state index < -0.39 is 0 Å². The quantitative estimate of drug-likeness (QED) is 0.828. The highest BCUT2D eigenvalue weighted by Gasteiger charge is 2.19. The maximum atomic E-state index is 12.4. The van der Waals surface area contributed by atoms with Crippen LogP contribution in [0.2, 0.25) is 0 Å². The van der Waals surface area contributed by atoms with Crippen LogP contribution in [0.1, 0.15) is 36.6 Å². The first kappa shape index (κ1) is 16.1. The minimum Gasteiger partial charge on any atom is -0.399 e. The van der Waals surface area contributed by atoms with Crippen molar-refractivity contribution in [3.05, 3.63) is 65.2 Å². The van der Waals surface area contributed by atoms with Crippen LogP contribution in [0.5, 0.6) is 0 Å². The Hall–Kier alpha value is -2.29. The molecule has 0 radical (unpaired) electrons. The molecule has 3 heteroatoms. The molecule has 0 saturated heterocycles. The standard InChI is InChI=1S/C19H24N2O/c1-13(2)19(17-7-5-4-6-14(17)3)21-18(22)12-15-8-10-16(20)11-9-15/h4-11,13,19H,12,20H2,1-3H3,(H,21,22). The van der Waals surface area contributed by atoms with Crippen LogP contribution in [-0.2, 0) is 11.2 Å². The molecular weight excluding hydrogens is 272 g/mol. The zero-order chi connectivity index (χ0) is 16.1. The van der Waals surface area contributed by atoms with Crippen LogP contribution in [0.15, 0.2) is 48.5 Å². The van der Waals surface area contributed by atoms with Crippen LogP contribution in [0.4, 0.5) is 5.69 Å². The summed E-state index contributed by atoms with van der Waals surface area (Å²) in [4.78, 5) is 12.4. The predicted molar refractivity (Wildman–Crippen MR) is 91.5 cm³/mol. The van der Waals surface area contributed by atoms with Gasteiger partial charge < -0.3 is 11.1 Å². The highest BCUT2D eigenvalue weighted by atomic mass is 16.1. The molecule has 2 aromatic rings. The Bertz CT molecular complexity index is 632. The third-order valence-electron chi connectivity index (χ3n) is 3.85. The summed E-state index contributed by atoms with van der Waals surface area (Å²) in [5, 5.41) is 3.17. The van der Waals surface area contributed by atoms with Crippen molar-refractivity contribution in [3.63, 3.8) is 0 Å². The van der Waals surface area contributed by atoms with Crippen molar-refractivity contribution in [2.45, 2.75) is 33.2 Å². The van der Waals surface area contributed by atoms with E-state index in [1.165, 1.54) is 11.1 Å². The first-order chi connectivity index (χ1) is 10.5. The predicted octanol–water partition coefficient (Wildman–Crippen LogP) is 3.63. The fraction of sp³-hybridized carbons (Fsp3) is 0.316. The van der Waals surface area contributed by atoms with E-state index in [-0.39, 0.29) is 11.9 Å². The molecule has 0 bridgehead atoms. The molecule has 0 fully saturated rings. The number of nitrogens with two attached hydrogens (primary N) is 1. The molecule has 3 N–H and O–H groups in total. The number of hydrogen-bond acceptors (Lipinski definition) is 2. The third kappa shape index (κ3) is 4.10. The largest absolute Gasteiger partial charge is 0.399 e. The van der Waals surface area contributed by atoms with Gasteiger partial charge in [-0.1, -0.05) is 50.2 Å². The van der Waals surface area contributed by atoms with Crippen molar-refractivity contribution in [1.29, 1.82) is 0 Å². The number of anilines is 1. The second kappa shape index (κ2) is 7.12. The summed E-state index contributed by atoms with van der Waals surface area (Å²) < 4.78 is 0.